The van der Waals surface area contributed by atoms with Gasteiger partial charge in [-0.2, -0.15) is 5.26 Å². The molecule has 2 rings (SSSR count). The van der Waals surface area contributed by atoms with Crippen molar-refractivity contribution in [1.29, 1.82) is 5.26 Å². The standard InChI is InChI=1S/C15H12Cl2N2/c1-10(12-3-2-4-13(16)8-12)19-15-6-5-11(9-18)7-14(15)17/h2-8,10,19H,1H3. The summed E-state index contributed by atoms with van der Waals surface area (Å²) in [5.41, 5.74) is 2.42. The van der Waals surface area contributed by atoms with Gasteiger partial charge in [0, 0.05) is 11.1 Å². The first-order valence-corrected chi connectivity index (χ1v) is 6.57. The normalized spacial score (nSPS) is 11.7. The summed E-state index contributed by atoms with van der Waals surface area (Å²) in [6.07, 6.45) is 0. The molecule has 0 aliphatic heterocycles. The van der Waals surface area contributed by atoms with Crippen LogP contribution in [0.15, 0.2) is 42.5 Å². The van der Waals surface area contributed by atoms with E-state index < -0.39 is 0 Å². The second-order valence-electron chi connectivity index (χ2n) is 4.23. The van der Waals surface area contributed by atoms with Crippen LogP contribution < -0.4 is 5.32 Å². The molecule has 0 aromatic heterocycles. The molecule has 4 heteroatoms. The first kappa shape index (κ1) is 13.7. The lowest BCUT2D eigenvalue weighted by molar-refractivity contribution is 0.885. The molecular formula is C15H12Cl2N2. The quantitative estimate of drug-likeness (QED) is 0.860. The summed E-state index contributed by atoms with van der Waals surface area (Å²) in [5.74, 6) is 0. The topological polar surface area (TPSA) is 35.8 Å². The molecule has 0 bridgehead atoms. The number of hydrogen-bond acceptors (Lipinski definition) is 2. The number of hydrogen-bond donors (Lipinski definition) is 1. The molecule has 0 heterocycles. The van der Waals surface area contributed by atoms with Crippen LogP contribution in [-0.2, 0) is 0 Å². The van der Waals surface area contributed by atoms with Crippen LogP contribution >= 0.6 is 23.2 Å². The minimum Gasteiger partial charge on any atom is -0.377 e. The van der Waals surface area contributed by atoms with Crippen LogP contribution in [0.2, 0.25) is 10.0 Å². The molecule has 2 nitrogen and oxygen atoms in total. The maximum Gasteiger partial charge on any atom is 0.0992 e. The highest BCUT2D eigenvalue weighted by atomic mass is 35.5. The molecule has 96 valence electrons. The molecule has 19 heavy (non-hydrogen) atoms. The van der Waals surface area contributed by atoms with Crippen molar-refractivity contribution < 1.29 is 0 Å². The summed E-state index contributed by atoms with van der Waals surface area (Å²) in [5, 5.41) is 13.3. The second-order valence-corrected chi connectivity index (χ2v) is 5.07. The van der Waals surface area contributed by atoms with Gasteiger partial charge >= 0.3 is 0 Å². The third-order valence-corrected chi connectivity index (χ3v) is 3.37. The molecule has 0 saturated heterocycles. The van der Waals surface area contributed by atoms with Crippen molar-refractivity contribution in [2.75, 3.05) is 5.32 Å². The zero-order valence-electron chi connectivity index (χ0n) is 10.3. The van der Waals surface area contributed by atoms with Crippen LogP contribution in [0.3, 0.4) is 0 Å². The Labute approximate surface area is 122 Å². The minimum absolute atomic E-state index is 0.0733. The van der Waals surface area contributed by atoms with E-state index in [1.807, 2.05) is 37.3 Å². The number of rotatable bonds is 3. The van der Waals surface area contributed by atoms with Gasteiger partial charge in [-0.3, -0.25) is 0 Å². The zero-order valence-corrected chi connectivity index (χ0v) is 11.8. The van der Waals surface area contributed by atoms with Gasteiger partial charge in [-0.05, 0) is 42.8 Å². The summed E-state index contributed by atoms with van der Waals surface area (Å²) in [7, 11) is 0. The molecule has 0 aliphatic rings. The van der Waals surface area contributed by atoms with Crippen LogP contribution in [0.1, 0.15) is 24.1 Å². The van der Waals surface area contributed by atoms with Gasteiger partial charge in [0.25, 0.3) is 0 Å². The SMILES string of the molecule is CC(Nc1ccc(C#N)cc1Cl)c1cccc(Cl)c1. The van der Waals surface area contributed by atoms with Crippen molar-refractivity contribution in [2.24, 2.45) is 0 Å². The van der Waals surface area contributed by atoms with Crippen LogP contribution in [0, 0.1) is 11.3 Å². The molecule has 1 N–H and O–H groups in total. The van der Waals surface area contributed by atoms with Crippen molar-refractivity contribution in [2.45, 2.75) is 13.0 Å². The lowest BCUT2D eigenvalue weighted by atomic mass is 10.1. The van der Waals surface area contributed by atoms with Crippen molar-refractivity contribution in [1.82, 2.24) is 0 Å². The minimum atomic E-state index is 0.0733. The first-order chi connectivity index (χ1) is 9.10. The number of nitriles is 1. The molecule has 2 aromatic carbocycles. The van der Waals surface area contributed by atoms with Crippen molar-refractivity contribution >= 4 is 28.9 Å². The summed E-state index contributed by atoms with van der Waals surface area (Å²) in [6.45, 7) is 2.03. The zero-order chi connectivity index (χ0) is 13.8. The molecular weight excluding hydrogens is 279 g/mol. The van der Waals surface area contributed by atoms with Crippen molar-refractivity contribution in [3.8, 4) is 6.07 Å². The Morgan fingerprint density at radius 1 is 1.16 bits per heavy atom. The highest BCUT2D eigenvalue weighted by Crippen LogP contribution is 2.27. The average Bonchev–Trinajstić information content (AvgIpc) is 2.41. The van der Waals surface area contributed by atoms with Crippen LogP contribution in [0.5, 0.6) is 0 Å². The average molecular weight is 291 g/mol. The van der Waals surface area contributed by atoms with Crippen LogP contribution in [0.4, 0.5) is 5.69 Å². The summed E-state index contributed by atoms with van der Waals surface area (Å²) < 4.78 is 0. The number of benzene rings is 2. The third-order valence-electron chi connectivity index (χ3n) is 2.82. The lowest BCUT2D eigenvalue weighted by Gasteiger charge is -2.17. The lowest BCUT2D eigenvalue weighted by Crippen LogP contribution is -2.06. The van der Waals surface area contributed by atoms with Gasteiger partial charge in [0.05, 0.1) is 22.3 Å². The van der Waals surface area contributed by atoms with E-state index >= 15 is 0 Å². The van der Waals surface area contributed by atoms with Crippen molar-refractivity contribution in [3.05, 3.63) is 63.6 Å². The Balaban J connectivity index is 2.20. The van der Waals surface area contributed by atoms with Gasteiger partial charge in [0.2, 0.25) is 0 Å². The fraction of sp³-hybridized carbons (Fsp3) is 0.133. The van der Waals surface area contributed by atoms with E-state index in [9.17, 15) is 0 Å². The number of nitrogens with one attached hydrogen (secondary N) is 1. The molecule has 0 amide bonds. The predicted octanol–water partition coefficient (Wildman–Crippen LogP) is 5.04. The van der Waals surface area contributed by atoms with Gasteiger partial charge in [0.1, 0.15) is 0 Å². The second kappa shape index (κ2) is 5.97. The molecule has 1 atom stereocenters. The molecule has 0 aliphatic carbocycles. The fourth-order valence-corrected chi connectivity index (χ4v) is 2.23. The van der Waals surface area contributed by atoms with E-state index in [0.29, 0.717) is 15.6 Å². The smallest absolute Gasteiger partial charge is 0.0992 e. The summed E-state index contributed by atoms with van der Waals surface area (Å²) in [4.78, 5) is 0. The number of nitrogens with zero attached hydrogens (tertiary/aromatic N) is 1. The van der Waals surface area contributed by atoms with E-state index in [-0.39, 0.29) is 6.04 Å². The van der Waals surface area contributed by atoms with Gasteiger partial charge in [0.15, 0.2) is 0 Å². The Morgan fingerprint density at radius 3 is 2.58 bits per heavy atom. The van der Waals surface area contributed by atoms with E-state index in [2.05, 4.69) is 11.4 Å². The molecule has 0 fully saturated rings. The monoisotopic (exact) mass is 290 g/mol. The van der Waals surface area contributed by atoms with Gasteiger partial charge in [-0.25, -0.2) is 0 Å². The highest BCUT2D eigenvalue weighted by molar-refractivity contribution is 6.33. The predicted molar refractivity (Wildman–Crippen MR) is 79.7 cm³/mol. The fourth-order valence-electron chi connectivity index (χ4n) is 1.79. The maximum atomic E-state index is 8.80. The van der Waals surface area contributed by atoms with E-state index in [1.165, 1.54) is 0 Å². The highest BCUT2D eigenvalue weighted by Gasteiger charge is 2.08. The van der Waals surface area contributed by atoms with E-state index in [0.717, 1.165) is 11.3 Å². The number of halogens is 2. The van der Waals surface area contributed by atoms with E-state index in [4.69, 9.17) is 28.5 Å². The van der Waals surface area contributed by atoms with Gasteiger partial charge in [-0.15, -0.1) is 0 Å². The van der Waals surface area contributed by atoms with Gasteiger partial charge in [-0.1, -0.05) is 35.3 Å². The molecule has 0 saturated carbocycles. The van der Waals surface area contributed by atoms with Gasteiger partial charge < -0.3 is 5.32 Å². The summed E-state index contributed by atoms with van der Waals surface area (Å²) >= 11 is 12.1. The van der Waals surface area contributed by atoms with Crippen molar-refractivity contribution in [3.63, 3.8) is 0 Å². The van der Waals surface area contributed by atoms with Crippen LogP contribution in [-0.4, -0.2) is 0 Å². The maximum absolute atomic E-state index is 8.80. The largest absolute Gasteiger partial charge is 0.377 e. The Morgan fingerprint density at radius 2 is 1.95 bits per heavy atom. The Bertz CT molecular complexity index is 632. The Hall–Kier alpha value is -1.69. The first-order valence-electron chi connectivity index (χ1n) is 5.82. The summed E-state index contributed by atoms with van der Waals surface area (Å²) in [6, 6.07) is 15.0. The third kappa shape index (κ3) is 3.41. The molecule has 0 spiro atoms. The molecule has 0 radical (unpaired) electrons. The van der Waals surface area contributed by atoms with E-state index in [1.54, 1.807) is 12.1 Å². The number of anilines is 1. The molecule has 2 aromatic rings. The molecule has 1 unspecified atom stereocenters. The van der Waals surface area contributed by atoms with Crippen LogP contribution in [0.25, 0.3) is 0 Å². The Kier molecular flexibility index (Phi) is 4.31.